The molecule has 1 aromatic rings. The number of rotatable bonds is 2. The van der Waals surface area contributed by atoms with Gasteiger partial charge in [-0.3, -0.25) is 9.59 Å². The second kappa shape index (κ2) is 5.79. The molecule has 0 amide bonds. The van der Waals surface area contributed by atoms with Crippen LogP contribution >= 0.6 is 0 Å². The van der Waals surface area contributed by atoms with Crippen LogP contribution in [0.4, 0.5) is 4.39 Å². The third-order valence-corrected chi connectivity index (χ3v) is 4.21. The summed E-state index contributed by atoms with van der Waals surface area (Å²) in [5, 5.41) is 3.48. The maximum atomic E-state index is 12.8. The highest BCUT2D eigenvalue weighted by atomic mass is 19.1. The molecule has 3 rings (SSSR count). The van der Waals surface area contributed by atoms with Crippen molar-refractivity contribution in [2.24, 2.45) is 17.0 Å². The first-order valence-corrected chi connectivity index (χ1v) is 7.21. The number of fused-ring (bicyclic) bond motifs is 1. The first-order valence-electron chi connectivity index (χ1n) is 7.21. The Morgan fingerprint density at radius 1 is 1.05 bits per heavy atom. The summed E-state index contributed by atoms with van der Waals surface area (Å²) in [6.07, 6.45) is 3.20. The van der Waals surface area contributed by atoms with E-state index in [1.165, 1.54) is 12.1 Å². The molecule has 1 aromatic carbocycles. The second-order valence-corrected chi connectivity index (χ2v) is 5.55. The van der Waals surface area contributed by atoms with Crippen LogP contribution in [0.5, 0.6) is 0 Å². The predicted molar refractivity (Wildman–Crippen MR) is 74.7 cm³/mol. The van der Waals surface area contributed by atoms with Crippen LogP contribution in [0.1, 0.15) is 36.0 Å². The molecule has 114 valence electrons. The lowest BCUT2D eigenvalue weighted by atomic mass is 9.81. The molecule has 2 atom stereocenters. The first-order chi connectivity index (χ1) is 10.6. The number of hydrogen-bond donors (Lipinski definition) is 0. The molecule has 0 N–H and O–H groups in total. The number of halogens is 1. The van der Waals surface area contributed by atoms with Crippen LogP contribution in [0.15, 0.2) is 29.4 Å². The minimum atomic E-state index is -0.831. The van der Waals surface area contributed by atoms with Gasteiger partial charge in [0, 0.05) is 11.8 Å². The van der Waals surface area contributed by atoms with Crippen molar-refractivity contribution in [2.75, 3.05) is 0 Å². The Hall–Kier alpha value is -2.37. The zero-order valence-corrected chi connectivity index (χ0v) is 11.8. The van der Waals surface area contributed by atoms with Crippen molar-refractivity contribution in [1.82, 2.24) is 0 Å². The molecular weight excluding hydrogens is 289 g/mol. The highest BCUT2D eigenvalue weighted by molar-refractivity contribution is 6.70. The molecule has 0 radical (unpaired) electrons. The molecule has 2 saturated carbocycles. The van der Waals surface area contributed by atoms with Crippen LogP contribution in [0.3, 0.4) is 0 Å². The lowest BCUT2D eigenvalue weighted by Crippen LogP contribution is -2.21. The number of Topliss-reactive ketones (excluding diaryl/α,β-unsaturated/α-hetero) is 2. The molecule has 2 aliphatic carbocycles. The van der Waals surface area contributed by atoms with Crippen molar-refractivity contribution in [1.29, 1.82) is 0 Å². The summed E-state index contributed by atoms with van der Waals surface area (Å²) >= 11 is 0. The van der Waals surface area contributed by atoms with E-state index in [-0.39, 0.29) is 34.7 Å². The van der Waals surface area contributed by atoms with E-state index < -0.39 is 11.8 Å². The molecule has 2 fully saturated rings. The van der Waals surface area contributed by atoms with Crippen molar-refractivity contribution in [3.05, 3.63) is 35.6 Å². The van der Waals surface area contributed by atoms with Gasteiger partial charge in [-0.15, -0.1) is 0 Å². The summed E-state index contributed by atoms with van der Waals surface area (Å²) < 4.78 is 12.8. The van der Waals surface area contributed by atoms with Gasteiger partial charge in [0.15, 0.2) is 17.3 Å². The smallest absolute Gasteiger partial charge is 0.312 e. The minimum Gasteiger partial charge on any atom is -0.312 e. The van der Waals surface area contributed by atoms with E-state index in [2.05, 4.69) is 9.99 Å². The Bertz CT molecular complexity index is 639. The van der Waals surface area contributed by atoms with Gasteiger partial charge < -0.3 is 4.84 Å². The molecular formula is C16H14FNO4. The third-order valence-electron chi connectivity index (χ3n) is 4.21. The van der Waals surface area contributed by atoms with Gasteiger partial charge in [0.2, 0.25) is 0 Å². The molecule has 0 aliphatic heterocycles. The van der Waals surface area contributed by atoms with Gasteiger partial charge in [-0.2, -0.15) is 0 Å². The molecule has 2 aliphatic rings. The van der Waals surface area contributed by atoms with Gasteiger partial charge in [-0.1, -0.05) is 18.0 Å². The number of carbonyl (C=O) groups excluding carboxylic acids is 3. The van der Waals surface area contributed by atoms with E-state index in [1.807, 2.05) is 0 Å². The van der Waals surface area contributed by atoms with Gasteiger partial charge in [0.1, 0.15) is 5.82 Å². The monoisotopic (exact) mass is 303 g/mol. The highest BCUT2D eigenvalue weighted by Crippen LogP contribution is 2.36. The van der Waals surface area contributed by atoms with Gasteiger partial charge in [-0.25, -0.2) is 9.18 Å². The Morgan fingerprint density at radius 2 is 1.59 bits per heavy atom. The topological polar surface area (TPSA) is 72.8 Å². The minimum absolute atomic E-state index is 0.0982. The molecule has 0 saturated heterocycles. The molecule has 0 aromatic heterocycles. The lowest BCUT2D eigenvalue weighted by molar-refractivity contribution is -0.120. The summed E-state index contributed by atoms with van der Waals surface area (Å²) in [6.45, 7) is 0. The Labute approximate surface area is 126 Å². The molecule has 0 spiro atoms. The van der Waals surface area contributed by atoms with Crippen LogP contribution < -0.4 is 0 Å². The number of hydrogen-bond acceptors (Lipinski definition) is 5. The van der Waals surface area contributed by atoms with Crippen LogP contribution in [0.2, 0.25) is 0 Å². The fourth-order valence-electron chi connectivity index (χ4n) is 3.05. The van der Waals surface area contributed by atoms with Crippen molar-refractivity contribution >= 4 is 23.2 Å². The lowest BCUT2D eigenvalue weighted by Gasteiger charge is -2.20. The Balaban J connectivity index is 1.75. The van der Waals surface area contributed by atoms with Gasteiger partial charge in [0.25, 0.3) is 0 Å². The van der Waals surface area contributed by atoms with Crippen molar-refractivity contribution < 1.29 is 23.6 Å². The average Bonchev–Trinajstić information content (AvgIpc) is 2.78. The van der Waals surface area contributed by atoms with E-state index in [4.69, 9.17) is 0 Å². The first kappa shape index (κ1) is 14.6. The van der Waals surface area contributed by atoms with Crippen molar-refractivity contribution in [3.63, 3.8) is 0 Å². The zero-order chi connectivity index (χ0) is 15.7. The van der Waals surface area contributed by atoms with E-state index in [0.29, 0.717) is 12.8 Å². The molecule has 22 heavy (non-hydrogen) atoms. The van der Waals surface area contributed by atoms with Gasteiger partial charge >= 0.3 is 5.97 Å². The average molecular weight is 303 g/mol. The zero-order valence-electron chi connectivity index (χ0n) is 11.8. The van der Waals surface area contributed by atoms with Crippen LogP contribution in [-0.2, 0) is 14.4 Å². The standard InChI is InChI=1S/C16H14FNO4/c17-10-7-5-9(6-8-10)16(21)22-18-13-14(19)11-3-1-2-4-12(11)15(13)20/h5-8,11-12H,1-4H2. The molecule has 2 unspecified atom stereocenters. The number of nitrogens with zero attached hydrogens (tertiary/aromatic N) is 1. The molecule has 0 bridgehead atoms. The third kappa shape index (κ3) is 2.56. The van der Waals surface area contributed by atoms with Crippen LogP contribution in [0.25, 0.3) is 0 Å². The van der Waals surface area contributed by atoms with Crippen molar-refractivity contribution in [3.8, 4) is 0 Å². The molecule has 0 heterocycles. The Kier molecular flexibility index (Phi) is 3.83. The molecule has 6 heteroatoms. The summed E-state index contributed by atoms with van der Waals surface area (Å²) in [5.74, 6) is -2.60. The summed E-state index contributed by atoms with van der Waals surface area (Å²) in [5.41, 5.74) is -0.173. The fourth-order valence-corrected chi connectivity index (χ4v) is 3.05. The van der Waals surface area contributed by atoms with E-state index in [1.54, 1.807) is 0 Å². The maximum Gasteiger partial charge on any atom is 0.365 e. The summed E-state index contributed by atoms with van der Waals surface area (Å²) in [4.78, 5) is 40.8. The SMILES string of the molecule is O=C(ON=C1C(=O)C2CCCCC2C1=O)c1ccc(F)cc1. The van der Waals surface area contributed by atoms with Gasteiger partial charge in [0.05, 0.1) is 5.56 Å². The number of ketones is 2. The number of oxime groups is 1. The second-order valence-electron chi connectivity index (χ2n) is 5.55. The Morgan fingerprint density at radius 3 is 2.14 bits per heavy atom. The number of benzene rings is 1. The van der Waals surface area contributed by atoms with E-state index >= 15 is 0 Å². The van der Waals surface area contributed by atoms with Gasteiger partial charge in [-0.05, 0) is 37.1 Å². The fraction of sp³-hybridized carbons (Fsp3) is 0.375. The normalized spacial score (nSPS) is 24.1. The largest absolute Gasteiger partial charge is 0.365 e. The summed E-state index contributed by atoms with van der Waals surface area (Å²) in [6, 6.07) is 4.72. The predicted octanol–water partition coefficient (Wildman–Crippen LogP) is 2.30. The van der Waals surface area contributed by atoms with Crippen molar-refractivity contribution in [2.45, 2.75) is 25.7 Å². The van der Waals surface area contributed by atoms with Crippen LogP contribution in [0, 0.1) is 17.7 Å². The number of carbonyl (C=O) groups is 3. The van der Waals surface area contributed by atoms with Crippen LogP contribution in [-0.4, -0.2) is 23.2 Å². The van der Waals surface area contributed by atoms with E-state index in [0.717, 1.165) is 25.0 Å². The maximum absolute atomic E-state index is 12.8. The van der Waals surface area contributed by atoms with E-state index in [9.17, 15) is 18.8 Å². The highest BCUT2D eigenvalue weighted by Gasteiger charge is 2.48. The quantitative estimate of drug-likeness (QED) is 0.620. The summed E-state index contributed by atoms with van der Waals surface area (Å²) in [7, 11) is 0. The molecule has 5 nitrogen and oxygen atoms in total.